The van der Waals surface area contributed by atoms with Crippen LogP contribution in [0.4, 0.5) is 0 Å². The third kappa shape index (κ3) is 3.55. The van der Waals surface area contributed by atoms with Gasteiger partial charge >= 0.3 is 0 Å². The Bertz CT molecular complexity index is 327. The molecule has 17 heavy (non-hydrogen) atoms. The number of ether oxygens (including phenoxy) is 1. The van der Waals surface area contributed by atoms with E-state index in [1.807, 2.05) is 0 Å². The maximum atomic E-state index is 5.32. The van der Waals surface area contributed by atoms with Crippen molar-refractivity contribution < 1.29 is 4.74 Å². The first-order valence-electron chi connectivity index (χ1n) is 6.62. The minimum absolute atomic E-state index is 0.195. The molecule has 1 aliphatic heterocycles. The van der Waals surface area contributed by atoms with E-state index in [9.17, 15) is 0 Å². The molecule has 1 N–H and O–H groups in total. The molecule has 0 radical (unpaired) electrons. The molecular weight excluding hydrogens is 210 g/mol. The number of nitrogens with one attached hydrogen (secondary N) is 1. The fourth-order valence-electron chi connectivity index (χ4n) is 2.49. The summed E-state index contributed by atoms with van der Waals surface area (Å²) in [7, 11) is 1.76. The molecular formula is C15H23NO. The molecule has 0 bridgehead atoms. The molecule has 1 saturated heterocycles. The van der Waals surface area contributed by atoms with Crippen LogP contribution in [0.15, 0.2) is 24.3 Å². The van der Waals surface area contributed by atoms with E-state index in [0.29, 0.717) is 0 Å². The third-order valence-electron chi connectivity index (χ3n) is 3.73. The normalized spacial score (nSPS) is 22.4. The lowest BCUT2D eigenvalue weighted by Crippen LogP contribution is -2.30. The van der Waals surface area contributed by atoms with Gasteiger partial charge in [-0.15, -0.1) is 0 Å². The van der Waals surface area contributed by atoms with Gasteiger partial charge in [-0.2, -0.15) is 0 Å². The van der Waals surface area contributed by atoms with E-state index in [4.69, 9.17) is 4.74 Å². The summed E-state index contributed by atoms with van der Waals surface area (Å²) in [5.74, 6) is 0.814. The van der Waals surface area contributed by atoms with E-state index in [1.54, 1.807) is 7.11 Å². The standard InChI is InChI=1S/C15H23NO/c1-12(17-2)15-7-5-13(6-8-15)10-14-4-3-9-16-11-14/h5-8,12,14,16H,3-4,9-11H2,1-2H3. The topological polar surface area (TPSA) is 21.3 Å². The van der Waals surface area contributed by atoms with Crippen molar-refractivity contribution in [3.05, 3.63) is 35.4 Å². The van der Waals surface area contributed by atoms with E-state index in [2.05, 4.69) is 36.5 Å². The second-order valence-corrected chi connectivity index (χ2v) is 5.04. The molecule has 2 nitrogen and oxygen atoms in total. The first-order valence-corrected chi connectivity index (χ1v) is 6.62. The number of methoxy groups -OCH3 is 1. The minimum Gasteiger partial charge on any atom is -0.377 e. The third-order valence-corrected chi connectivity index (χ3v) is 3.73. The lowest BCUT2D eigenvalue weighted by atomic mass is 9.92. The molecule has 1 aromatic rings. The Hall–Kier alpha value is -0.860. The number of hydrogen-bond donors (Lipinski definition) is 1. The molecule has 0 aliphatic carbocycles. The Kier molecular flexibility index (Phi) is 4.57. The zero-order valence-electron chi connectivity index (χ0n) is 10.9. The first kappa shape index (κ1) is 12.6. The summed E-state index contributed by atoms with van der Waals surface area (Å²) in [4.78, 5) is 0. The fourth-order valence-corrected chi connectivity index (χ4v) is 2.49. The molecule has 0 amide bonds. The number of hydrogen-bond acceptors (Lipinski definition) is 2. The van der Waals surface area contributed by atoms with Gasteiger partial charge in [0.15, 0.2) is 0 Å². The summed E-state index contributed by atoms with van der Waals surface area (Å²) in [6, 6.07) is 8.89. The maximum Gasteiger partial charge on any atom is 0.0793 e. The van der Waals surface area contributed by atoms with Crippen LogP contribution < -0.4 is 5.32 Å². The van der Waals surface area contributed by atoms with Gasteiger partial charge in [0.2, 0.25) is 0 Å². The molecule has 94 valence electrons. The molecule has 1 heterocycles. The van der Waals surface area contributed by atoms with Gasteiger partial charge in [0.25, 0.3) is 0 Å². The van der Waals surface area contributed by atoms with Gasteiger partial charge in [0.1, 0.15) is 0 Å². The Morgan fingerprint density at radius 3 is 2.71 bits per heavy atom. The van der Waals surface area contributed by atoms with Crippen LogP contribution in [0.5, 0.6) is 0 Å². The number of piperidine rings is 1. The summed E-state index contributed by atoms with van der Waals surface area (Å²) in [5, 5.41) is 3.47. The Balaban J connectivity index is 1.93. The molecule has 1 aromatic carbocycles. The van der Waals surface area contributed by atoms with Crippen molar-refractivity contribution in [1.29, 1.82) is 0 Å². The average molecular weight is 233 g/mol. The highest BCUT2D eigenvalue weighted by molar-refractivity contribution is 5.24. The number of rotatable bonds is 4. The van der Waals surface area contributed by atoms with Gasteiger partial charge in [-0.3, -0.25) is 0 Å². The van der Waals surface area contributed by atoms with Crippen LogP contribution in [-0.4, -0.2) is 20.2 Å². The smallest absolute Gasteiger partial charge is 0.0793 e. The van der Waals surface area contributed by atoms with Gasteiger partial charge < -0.3 is 10.1 Å². The molecule has 1 fully saturated rings. The van der Waals surface area contributed by atoms with Crippen LogP contribution >= 0.6 is 0 Å². The molecule has 0 spiro atoms. The molecule has 2 atom stereocenters. The Morgan fingerprint density at radius 2 is 2.12 bits per heavy atom. The van der Waals surface area contributed by atoms with Crippen molar-refractivity contribution in [1.82, 2.24) is 5.32 Å². The number of benzene rings is 1. The predicted molar refractivity (Wildman–Crippen MR) is 71.2 cm³/mol. The van der Waals surface area contributed by atoms with Crippen molar-refractivity contribution in [2.45, 2.75) is 32.3 Å². The largest absolute Gasteiger partial charge is 0.377 e. The van der Waals surface area contributed by atoms with Gasteiger partial charge in [-0.05, 0) is 56.3 Å². The summed E-state index contributed by atoms with van der Waals surface area (Å²) in [5.41, 5.74) is 2.71. The van der Waals surface area contributed by atoms with Crippen LogP contribution in [0.3, 0.4) is 0 Å². The quantitative estimate of drug-likeness (QED) is 0.863. The zero-order valence-corrected chi connectivity index (χ0v) is 10.9. The minimum atomic E-state index is 0.195. The van der Waals surface area contributed by atoms with Crippen LogP contribution in [0.2, 0.25) is 0 Å². The summed E-state index contributed by atoms with van der Waals surface area (Å²) in [6.07, 6.45) is 4.09. The highest BCUT2D eigenvalue weighted by atomic mass is 16.5. The van der Waals surface area contributed by atoms with Crippen LogP contribution in [0.25, 0.3) is 0 Å². The highest BCUT2D eigenvalue weighted by Gasteiger charge is 2.13. The monoisotopic (exact) mass is 233 g/mol. The lowest BCUT2D eigenvalue weighted by molar-refractivity contribution is 0.119. The Labute approximate surface area is 104 Å². The second kappa shape index (κ2) is 6.18. The van der Waals surface area contributed by atoms with Crippen molar-refractivity contribution in [2.75, 3.05) is 20.2 Å². The SMILES string of the molecule is COC(C)c1ccc(CC2CCCNC2)cc1. The average Bonchev–Trinajstić information content (AvgIpc) is 2.40. The summed E-state index contributed by atoms with van der Waals surface area (Å²) < 4.78 is 5.32. The summed E-state index contributed by atoms with van der Waals surface area (Å²) in [6.45, 7) is 4.46. The van der Waals surface area contributed by atoms with Gasteiger partial charge in [0.05, 0.1) is 6.10 Å². The molecule has 0 aromatic heterocycles. The van der Waals surface area contributed by atoms with Crippen molar-refractivity contribution in [3.8, 4) is 0 Å². The molecule has 2 heteroatoms. The van der Waals surface area contributed by atoms with E-state index in [-0.39, 0.29) is 6.10 Å². The molecule has 1 aliphatic rings. The van der Waals surface area contributed by atoms with Crippen molar-refractivity contribution in [3.63, 3.8) is 0 Å². The van der Waals surface area contributed by atoms with E-state index < -0.39 is 0 Å². The zero-order chi connectivity index (χ0) is 12.1. The van der Waals surface area contributed by atoms with Crippen LogP contribution in [0, 0.1) is 5.92 Å². The highest BCUT2D eigenvalue weighted by Crippen LogP contribution is 2.20. The van der Waals surface area contributed by atoms with E-state index >= 15 is 0 Å². The van der Waals surface area contributed by atoms with Gasteiger partial charge in [-0.1, -0.05) is 24.3 Å². The van der Waals surface area contributed by atoms with Crippen molar-refractivity contribution >= 4 is 0 Å². The second-order valence-electron chi connectivity index (χ2n) is 5.04. The van der Waals surface area contributed by atoms with Crippen LogP contribution in [0.1, 0.15) is 37.0 Å². The molecule has 2 rings (SSSR count). The first-order chi connectivity index (χ1) is 8.29. The maximum absolute atomic E-state index is 5.32. The molecule has 0 saturated carbocycles. The Morgan fingerprint density at radius 1 is 1.35 bits per heavy atom. The lowest BCUT2D eigenvalue weighted by Gasteiger charge is -2.22. The molecule has 2 unspecified atom stereocenters. The van der Waals surface area contributed by atoms with Gasteiger partial charge in [-0.25, -0.2) is 0 Å². The van der Waals surface area contributed by atoms with Crippen molar-refractivity contribution in [2.24, 2.45) is 5.92 Å². The van der Waals surface area contributed by atoms with Crippen LogP contribution in [-0.2, 0) is 11.2 Å². The van der Waals surface area contributed by atoms with E-state index in [0.717, 1.165) is 5.92 Å². The van der Waals surface area contributed by atoms with Gasteiger partial charge in [0, 0.05) is 7.11 Å². The van der Waals surface area contributed by atoms with E-state index in [1.165, 1.54) is 43.5 Å². The summed E-state index contributed by atoms with van der Waals surface area (Å²) >= 11 is 0. The predicted octanol–water partition coefficient (Wildman–Crippen LogP) is 2.94. The fraction of sp³-hybridized carbons (Fsp3) is 0.600.